The van der Waals surface area contributed by atoms with Crippen molar-refractivity contribution >= 4 is 0 Å². The number of likely N-dealkylation sites (N-methyl/N-ethyl adjacent to an activating group) is 1. The Morgan fingerprint density at radius 2 is 2.40 bits per heavy atom. The molecule has 1 aromatic heterocycles. The van der Waals surface area contributed by atoms with Crippen LogP contribution in [0.25, 0.3) is 0 Å². The summed E-state index contributed by atoms with van der Waals surface area (Å²) in [6, 6.07) is 3.94. The molecule has 2 unspecified atom stereocenters. The maximum Gasteiger partial charge on any atom is 0.248 e. The van der Waals surface area contributed by atoms with E-state index in [2.05, 4.69) is 22.2 Å². The molecule has 1 fully saturated rings. The molecule has 20 heavy (non-hydrogen) atoms. The molecular weight excluding hydrogens is 254 g/mol. The predicted molar refractivity (Wildman–Crippen MR) is 78.0 cm³/mol. The number of nitrogens with one attached hydrogen (secondary N) is 2. The maximum atomic E-state index is 11.4. The molecule has 1 aliphatic heterocycles. The van der Waals surface area contributed by atoms with Crippen molar-refractivity contribution in [3.8, 4) is 0 Å². The van der Waals surface area contributed by atoms with Gasteiger partial charge in [0.2, 0.25) is 5.56 Å². The minimum atomic E-state index is 0.00152. The fourth-order valence-corrected chi connectivity index (χ4v) is 3.18. The van der Waals surface area contributed by atoms with Gasteiger partial charge in [-0.3, -0.25) is 4.79 Å². The van der Waals surface area contributed by atoms with Crippen molar-refractivity contribution in [3.63, 3.8) is 0 Å². The molecule has 2 heterocycles. The van der Waals surface area contributed by atoms with Crippen LogP contribution < -0.4 is 10.9 Å². The minimum Gasteiger partial charge on any atom is -0.374 e. The van der Waals surface area contributed by atoms with Gasteiger partial charge in [0.1, 0.15) is 0 Å². The largest absolute Gasteiger partial charge is 0.374 e. The number of aromatic amines is 1. The monoisotopic (exact) mass is 277 g/mol. The molecule has 0 bridgehead atoms. The third-order valence-corrected chi connectivity index (χ3v) is 4.27. The molecule has 1 aromatic rings. The van der Waals surface area contributed by atoms with Gasteiger partial charge >= 0.3 is 0 Å². The second-order valence-corrected chi connectivity index (χ2v) is 5.86. The summed E-state index contributed by atoms with van der Waals surface area (Å²) in [4.78, 5) is 16.7. The Hall–Kier alpha value is -1.17. The Balaban J connectivity index is 1.63. The molecule has 2 N–H and O–H groups in total. The van der Waals surface area contributed by atoms with Crippen LogP contribution in [0.3, 0.4) is 0 Å². The van der Waals surface area contributed by atoms with Crippen molar-refractivity contribution < 1.29 is 4.74 Å². The average molecular weight is 277 g/mol. The summed E-state index contributed by atoms with van der Waals surface area (Å²) in [5.74, 6) is 0. The van der Waals surface area contributed by atoms with Gasteiger partial charge in [-0.25, -0.2) is 0 Å². The Bertz CT molecular complexity index is 514. The van der Waals surface area contributed by atoms with E-state index in [0.717, 1.165) is 51.2 Å². The van der Waals surface area contributed by atoms with E-state index >= 15 is 0 Å². The van der Waals surface area contributed by atoms with Crippen LogP contribution in [0.1, 0.15) is 30.1 Å². The maximum absolute atomic E-state index is 11.4. The van der Waals surface area contributed by atoms with Crippen molar-refractivity contribution in [2.75, 3.05) is 33.3 Å². The lowest BCUT2D eigenvalue weighted by atomic mass is 9.91. The molecule has 5 nitrogen and oxygen atoms in total. The number of morpholine rings is 1. The molecule has 0 spiro atoms. The third-order valence-electron chi connectivity index (χ3n) is 4.27. The van der Waals surface area contributed by atoms with Gasteiger partial charge in [0.25, 0.3) is 0 Å². The molecule has 110 valence electrons. The summed E-state index contributed by atoms with van der Waals surface area (Å²) in [6.07, 6.45) is 3.49. The zero-order valence-corrected chi connectivity index (χ0v) is 12.0. The smallest absolute Gasteiger partial charge is 0.248 e. The van der Waals surface area contributed by atoms with Crippen molar-refractivity contribution in [2.45, 2.75) is 31.4 Å². The SMILES string of the molecule is CN1CCOC(CNC2CCCc3[nH]c(=O)ccc32)C1. The number of hydrogen-bond acceptors (Lipinski definition) is 4. The molecule has 0 amide bonds. The summed E-state index contributed by atoms with van der Waals surface area (Å²) < 4.78 is 5.78. The lowest BCUT2D eigenvalue weighted by Crippen LogP contribution is -2.45. The van der Waals surface area contributed by atoms with Crippen LogP contribution in [0.5, 0.6) is 0 Å². The second-order valence-electron chi connectivity index (χ2n) is 5.86. The Kier molecular flexibility index (Phi) is 4.19. The lowest BCUT2D eigenvalue weighted by molar-refractivity contribution is -0.0195. The first-order chi connectivity index (χ1) is 9.72. The van der Waals surface area contributed by atoms with Crippen molar-refractivity contribution in [1.82, 2.24) is 15.2 Å². The van der Waals surface area contributed by atoms with E-state index in [1.807, 2.05) is 6.07 Å². The Labute approximate surface area is 119 Å². The van der Waals surface area contributed by atoms with E-state index in [-0.39, 0.29) is 11.7 Å². The molecule has 2 atom stereocenters. The van der Waals surface area contributed by atoms with Gasteiger partial charge in [0, 0.05) is 37.4 Å². The predicted octanol–water partition coefficient (Wildman–Crippen LogP) is 0.672. The first-order valence-electron chi connectivity index (χ1n) is 7.48. The molecule has 1 saturated heterocycles. The molecule has 2 aliphatic rings. The van der Waals surface area contributed by atoms with Gasteiger partial charge in [0.15, 0.2) is 0 Å². The van der Waals surface area contributed by atoms with E-state index < -0.39 is 0 Å². The molecule has 0 radical (unpaired) electrons. The zero-order valence-electron chi connectivity index (χ0n) is 12.0. The van der Waals surface area contributed by atoms with Crippen LogP contribution in [0.2, 0.25) is 0 Å². The van der Waals surface area contributed by atoms with Gasteiger partial charge in [-0.05, 0) is 31.9 Å². The molecule has 0 saturated carbocycles. The van der Waals surface area contributed by atoms with Gasteiger partial charge < -0.3 is 19.9 Å². The Morgan fingerprint density at radius 1 is 1.50 bits per heavy atom. The summed E-state index contributed by atoms with van der Waals surface area (Å²) in [7, 11) is 2.14. The molecule has 1 aliphatic carbocycles. The van der Waals surface area contributed by atoms with Crippen LogP contribution in [-0.4, -0.2) is 49.3 Å². The first-order valence-corrected chi connectivity index (χ1v) is 7.48. The number of aryl methyl sites for hydroxylation is 1. The van der Waals surface area contributed by atoms with Gasteiger partial charge in [0.05, 0.1) is 12.7 Å². The molecular formula is C15H23N3O2. The highest BCUT2D eigenvalue weighted by atomic mass is 16.5. The summed E-state index contributed by atoms with van der Waals surface area (Å²) in [5, 5.41) is 3.61. The Morgan fingerprint density at radius 3 is 3.25 bits per heavy atom. The van der Waals surface area contributed by atoms with Crippen LogP contribution in [0, 0.1) is 0 Å². The lowest BCUT2D eigenvalue weighted by Gasteiger charge is -2.32. The highest BCUT2D eigenvalue weighted by molar-refractivity contribution is 5.26. The fraction of sp³-hybridized carbons (Fsp3) is 0.667. The summed E-state index contributed by atoms with van der Waals surface area (Å²) in [5.41, 5.74) is 2.35. The molecule has 0 aromatic carbocycles. The number of hydrogen-bond donors (Lipinski definition) is 2. The highest BCUT2D eigenvalue weighted by Crippen LogP contribution is 2.27. The first kappa shape index (κ1) is 13.8. The summed E-state index contributed by atoms with van der Waals surface area (Å²) >= 11 is 0. The van der Waals surface area contributed by atoms with Crippen LogP contribution >= 0.6 is 0 Å². The van der Waals surface area contributed by atoms with Crippen LogP contribution in [0.15, 0.2) is 16.9 Å². The highest BCUT2D eigenvalue weighted by Gasteiger charge is 2.23. The molecule has 3 rings (SSSR count). The standard InChI is InChI=1S/C15H23N3O2/c1-18-7-8-20-11(10-18)9-16-13-3-2-4-14-12(13)5-6-15(19)17-14/h5-6,11,13,16H,2-4,7-10H2,1H3,(H,17,19). The van der Waals surface area contributed by atoms with E-state index in [1.54, 1.807) is 6.07 Å². The number of aromatic nitrogens is 1. The van der Waals surface area contributed by atoms with Gasteiger partial charge in [-0.1, -0.05) is 6.07 Å². The summed E-state index contributed by atoms with van der Waals surface area (Å²) in [6.45, 7) is 3.69. The number of ether oxygens (including phenoxy) is 1. The van der Waals surface area contributed by atoms with E-state index in [0.29, 0.717) is 6.04 Å². The van der Waals surface area contributed by atoms with Crippen LogP contribution in [0.4, 0.5) is 0 Å². The zero-order chi connectivity index (χ0) is 13.9. The van der Waals surface area contributed by atoms with E-state index in [9.17, 15) is 4.79 Å². The van der Waals surface area contributed by atoms with Crippen molar-refractivity contribution in [1.29, 1.82) is 0 Å². The van der Waals surface area contributed by atoms with E-state index in [1.165, 1.54) is 5.56 Å². The number of nitrogens with zero attached hydrogens (tertiary/aromatic N) is 1. The quantitative estimate of drug-likeness (QED) is 0.853. The van der Waals surface area contributed by atoms with Crippen molar-refractivity contribution in [2.24, 2.45) is 0 Å². The molecule has 5 heteroatoms. The third kappa shape index (κ3) is 3.11. The van der Waals surface area contributed by atoms with Gasteiger partial charge in [-0.15, -0.1) is 0 Å². The van der Waals surface area contributed by atoms with Gasteiger partial charge in [-0.2, -0.15) is 0 Å². The van der Waals surface area contributed by atoms with E-state index in [4.69, 9.17) is 4.74 Å². The van der Waals surface area contributed by atoms with Crippen molar-refractivity contribution in [3.05, 3.63) is 33.7 Å². The number of pyridine rings is 1. The topological polar surface area (TPSA) is 57.4 Å². The number of fused-ring (bicyclic) bond motifs is 1. The second kappa shape index (κ2) is 6.08. The number of rotatable bonds is 3. The number of H-pyrrole nitrogens is 1. The van der Waals surface area contributed by atoms with Crippen LogP contribution in [-0.2, 0) is 11.2 Å². The average Bonchev–Trinajstić information content (AvgIpc) is 2.44. The normalized spacial score (nSPS) is 27.2. The minimum absolute atomic E-state index is 0.00152. The fourth-order valence-electron chi connectivity index (χ4n) is 3.18.